The highest BCUT2D eigenvalue weighted by atomic mass is 35.5. The summed E-state index contributed by atoms with van der Waals surface area (Å²) < 4.78 is 10.2. The minimum absolute atomic E-state index is 0.810. The molecule has 2 nitrogen and oxygen atoms in total. The number of thiophene rings is 3. The molecule has 0 bridgehead atoms. The predicted octanol–water partition coefficient (Wildman–Crippen LogP) is 17.1. The lowest BCUT2D eigenvalue weighted by Crippen LogP contribution is -2.03. The Hall–Kier alpha value is -3.97. The second kappa shape index (κ2) is 26.6. The third-order valence-corrected chi connectivity index (χ3v) is 14.0. The van der Waals surface area contributed by atoms with Crippen LogP contribution in [-0.2, 0) is 43.6 Å². The smallest absolute Gasteiger partial charge is 0.132 e. The third kappa shape index (κ3) is 17.3. The first-order chi connectivity index (χ1) is 29.7. The van der Waals surface area contributed by atoms with Crippen molar-refractivity contribution in [2.24, 2.45) is 0 Å². The van der Waals surface area contributed by atoms with Gasteiger partial charge in [-0.1, -0.05) is 112 Å². The number of rotatable bonds is 1. The minimum atomic E-state index is 0.810. The second-order valence-electron chi connectivity index (χ2n) is 16.5. The van der Waals surface area contributed by atoms with E-state index in [1.807, 2.05) is 72.2 Å². The molecular weight excluding hydrogens is 836 g/mol. The maximum Gasteiger partial charge on any atom is 0.132 e. The van der Waals surface area contributed by atoms with Crippen molar-refractivity contribution < 1.29 is 9.47 Å². The molecule has 7 aromatic rings. The van der Waals surface area contributed by atoms with Crippen molar-refractivity contribution in [2.75, 3.05) is 7.11 Å². The van der Waals surface area contributed by atoms with Gasteiger partial charge in [-0.15, -0.1) is 34.0 Å². The second-order valence-corrected chi connectivity index (χ2v) is 20.2. The maximum absolute atomic E-state index is 5.64. The van der Waals surface area contributed by atoms with Crippen LogP contribution in [0.25, 0.3) is 0 Å². The number of hydrogen-bond donors (Lipinski definition) is 0. The first-order valence-electron chi connectivity index (χ1n) is 21.9. The van der Waals surface area contributed by atoms with Gasteiger partial charge in [0.05, 0.1) is 20.3 Å². The van der Waals surface area contributed by atoms with E-state index in [2.05, 4.69) is 127 Å². The van der Waals surface area contributed by atoms with Gasteiger partial charge in [-0.2, -0.15) is 0 Å². The van der Waals surface area contributed by atoms with E-state index in [0.29, 0.717) is 0 Å². The molecule has 3 aliphatic rings. The van der Waals surface area contributed by atoms with Gasteiger partial charge in [0.1, 0.15) is 5.75 Å². The van der Waals surface area contributed by atoms with Crippen molar-refractivity contribution in [3.63, 3.8) is 0 Å². The molecule has 330 valence electrons. The fraction of sp³-hybridized carbons (Fsp3) is 0.357. The first kappa shape index (κ1) is 50.7. The average Bonchev–Trinajstić information content (AvgIpc) is 4.08. The molecule has 62 heavy (non-hydrogen) atoms. The van der Waals surface area contributed by atoms with E-state index in [0.717, 1.165) is 24.0 Å². The lowest BCUT2D eigenvalue weighted by molar-refractivity contribution is 0.134. The average molecular weight is 906 g/mol. The highest BCUT2D eigenvalue weighted by Gasteiger charge is 2.15. The Balaban J connectivity index is 0.000000159. The van der Waals surface area contributed by atoms with Gasteiger partial charge in [-0.3, -0.25) is 0 Å². The normalized spacial score (nSPS) is 12.5. The Morgan fingerprint density at radius 3 is 1.48 bits per heavy atom. The molecule has 2 aliphatic carbocycles. The number of halogens is 1. The Morgan fingerprint density at radius 1 is 0.468 bits per heavy atom. The molecule has 4 aromatic carbocycles. The van der Waals surface area contributed by atoms with Crippen LogP contribution in [0, 0.1) is 69.2 Å². The molecule has 4 heterocycles. The fourth-order valence-electron chi connectivity index (χ4n) is 7.81. The summed E-state index contributed by atoms with van der Waals surface area (Å²) in [5.41, 5.74) is 18.8. The summed E-state index contributed by atoms with van der Waals surface area (Å²) in [4.78, 5) is 4.21. The van der Waals surface area contributed by atoms with E-state index >= 15 is 0 Å². The molecule has 0 spiro atoms. The molecule has 0 atom stereocenters. The lowest BCUT2D eigenvalue weighted by atomic mass is 9.89. The largest absolute Gasteiger partial charge is 0.496 e. The quantitative estimate of drug-likeness (QED) is 0.163. The molecule has 0 saturated carbocycles. The van der Waals surface area contributed by atoms with Gasteiger partial charge in [0.25, 0.3) is 0 Å². The molecule has 0 saturated heterocycles. The molecule has 1 aliphatic heterocycles. The van der Waals surface area contributed by atoms with Crippen molar-refractivity contribution in [1.29, 1.82) is 0 Å². The van der Waals surface area contributed by atoms with Crippen molar-refractivity contribution >= 4 is 45.6 Å². The Labute approximate surface area is 392 Å². The Kier molecular flexibility index (Phi) is 21.7. The Bertz CT molecular complexity index is 2220. The zero-order valence-electron chi connectivity index (χ0n) is 39.2. The number of fused-ring (bicyclic) bond motifs is 3. The number of benzene rings is 4. The van der Waals surface area contributed by atoms with Crippen LogP contribution in [0.4, 0.5) is 0 Å². The van der Waals surface area contributed by atoms with Crippen LogP contribution in [0.3, 0.4) is 0 Å². The topological polar surface area (TPSA) is 18.5 Å². The molecule has 0 radical (unpaired) electrons. The number of ether oxygens (including phenoxy) is 2. The molecule has 0 fully saturated rings. The monoisotopic (exact) mass is 904 g/mol. The van der Waals surface area contributed by atoms with Gasteiger partial charge < -0.3 is 9.47 Å². The predicted molar refractivity (Wildman–Crippen MR) is 275 cm³/mol. The molecule has 6 heteroatoms. The van der Waals surface area contributed by atoms with Crippen LogP contribution in [-0.4, -0.2) is 7.11 Å². The van der Waals surface area contributed by atoms with E-state index < -0.39 is 0 Å². The summed E-state index contributed by atoms with van der Waals surface area (Å²) in [5.74, 6) is 0.995. The summed E-state index contributed by atoms with van der Waals surface area (Å²) >= 11 is 11.1. The minimum Gasteiger partial charge on any atom is -0.496 e. The van der Waals surface area contributed by atoms with Crippen LogP contribution in [0.5, 0.6) is 5.75 Å². The van der Waals surface area contributed by atoms with E-state index in [9.17, 15) is 0 Å². The SMILES string of the molecule is COc1ccsc1C.Cc1cc(C)cc(C)c1.Cc1cccc(C)c1.Cc1cccc(Cl)c1.Cc1cccc2c1CCCC2.Cc1scc2c1CCC2.Cc1scc2c1COC2. The van der Waals surface area contributed by atoms with Crippen LogP contribution >= 0.6 is 45.6 Å². The van der Waals surface area contributed by atoms with Gasteiger partial charge in [-0.25, -0.2) is 0 Å². The molecule has 0 N–H and O–H groups in total. The van der Waals surface area contributed by atoms with Crippen LogP contribution in [0.2, 0.25) is 5.02 Å². The zero-order valence-corrected chi connectivity index (χ0v) is 42.4. The van der Waals surface area contributed by atoms with Crippen molar-refractivity contribution in [1.82, 2.24) is 0 Å². The van der Waals surface area contributed by atoms with Crippen molar-refractivity contribution in [3.05, 3.63) is 199 Å². The van der Waals surface area contributed by atoms with Crippen LogP contribution in [0.1, 0.15) is 106 Å². The van der Waals surface area contributed by atoms with Crippen molar-refractivity contribution in [3.8, 4) is 5.75 Å². The van der Waals surface area contributed by atoms with E-state index in [1.54, 1.807) is 45.6 Å². The first-order valence-corrected chi connectivity index (χ1v) is 24.9. The van der Waals surface area contributed by atoms with E-state index in [1.165, 1.54) is 105 Å². The third-order valence-electron chi connectivity index (χ3n) is 10.9. The van der Waals surface area contributed by atoms with Crippen molar-refractivity contribution in [2.45, 2.75) is 127 Å². The number of methoxy groups -OCH3 is 1. The maximum atomic E-state index is 5.64. The summed E-state index contributed by atoms with van der Waals surface area (Å²) in [7, 11) is 1.69. The van der Waals surface area contributed by atoms with Crippen LogP contribution in [0.15, 0.2) is 107 Å². The standard InChI is InChI=1S/C11H14.C9H12.C8H10S.C8H10.C7H7Cl.C7H8OS.C6H8OS/c1-9-5-4-7-10-6-2-3-8-11(9)10;1-7-4-8(2)6-9(3)5-7;1-6-8-4-2-3-7(8)5-9-6;1-7-4-3-5-8(2)6-7;1-6-3-2-4-7(8)5-6;1-5-7-3-8-2-6(7)4-9-5;1-5-6(7-2)3-4-8-5/h4-5,7H,2-3,6,8H2,1H3;4-6H,1-3H3;5H,2-4H2,1H3;3-6H,1-2H3;2-5H,1H3;4H,2-3H2,1H3;3-4H,1-2H3. The van der Waals surface area contributed by atoms with Gasteiger partial charge in [0.15, 0.2) is 0 Å². The molecule has 0 unspecified atom stereocenters. The highest BCUT2D eigenvalue weighted by molar-refractivity contribution is 7.10. The summed E-state index contributed by atoms with van der Waals surface area (Å²) in [6.45, 7) is 22.9. The number of hydrogen-bond acceptors (Lipinski definition) is 5. The van der Waals surface area contributed by atoms with E-state index in [4.69, 9.17) is 21.1 Å². The van der Waals surface area contributed by atoms with Gasteiger partial charge in [0.2, 0.25) is 0 Å². The zero-order chi connectivity index (χ0) is 45.0. The Morgan fingerprint density at radius 2 is 1.00 bits per heavy atom. The summed E-state index contributed by atoms with van der Waals surface area (Å²) in [6, 6.07) is 31.4. The summed E-state index contributed by atoms with van der Waals surface area (Å²) in [6.07, 6.45) is 9.44. The fourth-order valence-corrected chi connectivity index (χ4v) is 10.5. The van der Waals surface area contributed by atoms with E-state index in [-0.39, 0.29) is 0 Å². The summed E-state index contributed by atoms with van der Waals surface area (Å²) in [5, 5.41) is 7.34. The van der Waals surface area contributed by atoms with Gasteiger partial charge in [-0.05, 0) is 193 Å². The molecule has 3 aromatic heterocycles. The number of aryl methyl sites for hydroxylation is 12. The van der Waals surface area contributed by atoms with Crippen LogP contribution < -0.4 is 4.74 Å². The lowest BCUT2D eigenvalue weighted by Gasteiger charge is -2.17. The molecule has 10 rings (SSSR count). The molecule has 0 amide bonds. The molecular formula is C56H69ClO2S3. The van der Waals surface area contributed by atoms with Gasteiger partial charge >= 0.3 is 0 Å². The van der Waals surface area contributed by atoms with Gasteiger partial charge in [0, 0.05) is 19.7 Å². The highest BCUT2D eigenvalue weighted by Crippen LogP contribution is 2.30.